The Labute approximate surface area is 175 Å². The van der Waals surface area contributed by atoms with E-state index < -0.39 is 0 Å². The molecule has 6 nitrogen and oxygen atoms in total. The van der Waals surface area contributed by atoms with Gasteiger partial charge in [-0.15, -0.1) is 0 Å². The third kappa shape index (κ3) is 5.11. The van der Waals surface area contributed by atoms with Gasteiger partial charge in [-0.2, -0.15) is 0 Å². The first-order valence-electron chi connectivity index (χ1n) is 9.25. The van der Waals surface area contributed by atoms with E-state index in [0.29, 0.717) is 34.4 Å². The van der Waals surface area contributed by atoms with Crippen LogP contribution < -0.4 is 24.3 Å². The molecule has 30 heavy (non-hydrogen) atoms. The van der Waals surface area contributed by atoms with Crippen LogP contribution in [0.15, 0.2) is 72.8 Å². The van der Waals surface area contributed by atoms with Crippen LogP contribution in [0, 0.1) is 0 Å². The number of nitrogens with one attached hydrogen (secondary N) is 1. The van der Waals surface area contributed by atoms with Crippen LogP contribution in [-0.2, 0) is 4.79 Å². The Morgan fingerprint density at radius 1 is 0.800 bits per heavy atom. The molecule has 3 rings (SSSR count). The first-order valence-corrected chi connectivity index (χ1v) is 9.25. The lowest BCUT2D eigenvalue weighted by molar-refractivity contribution is -0.111. The molecule has 0 aliphatic rings. The fraction of sp³-hybridized carbons (Fsp3) is 0.125. The van der Waals surface area contributed by atoms with E-state index >= 15 is 0 Å². The van der Waals surface area contributed by atoms with Gasteiger partial charge < -0.3 is 24.3 Å². The van der Waals surface area contributed by atoms with Crippen molar-refractivity contribution in [3.8, 4) is 28.7 Å². The van der Waals surface area contributed by atoms with E-state index in [1.165, 1.54) is 13.2 Å². The summed E-state index contributed by atoms with van der Waals surface area (Å²) in [6.07, 6.45) is 3.10. The molecule has 0 spiro atoms. The molecule has 0 aromatic heterocycles. The number of hydrogen-bond acceptors (Lipinski definition) is 5. The summed E-state index contributed by atoms with van der Waals surface area (Å²) in [6, 6.07) is 20.2. The number of carbonyl (C=O) groups is 1. The number of hydrogen-bond donors (Lipinski definition) is 1. The Kier molecular flexibility index (Phi) is 6.95. The average Bonchev–Trinajstić information content (AvgIpc) is 2.78. The highest BCUT2D eigenvalue weighted by molar-refractivity contribution is 6.02. The highest BCUT2D eigenvalue weighted by atomic mass is 16.5. The molecule has 154 valence electrons. The van der Waals surface area contributed by atoms with Crippen LogP contribution in [0.25, 0.3) is 6.08 Å². The third-order valence-electron chi connectivity index (χ3n) is 4.23. The van der Waals surface area contributed by atoms with Crippen molar-refractivity contribution in [2.75, 3.05) is 26.6 Å². The smallest absolute Gasteiger partial charge is 0.248 e. The van der Waals surface area contributed by atoms with Crippen LogP contribution in [0.3, 0.4) is 0 Å². The molecule has 0 bridgehead atoms. The molecular formula is C24H23NO5. The second kappa shape index (κ2) is 10.0. The van der Waals surface area contributed by atoms with E-state index in [-0.39, 0.29) is 5.91 Å². The van der Waals surface area contributed by atoms with Gasteiger partial charge in [-0.05, 0) is 48.0 Å². The van der Waals surface area contributed by atoms with E-state index in [2.05, 4.69) is 5.32 Å². The number of ether oxygens (including phenoxy) is 4. The predicted octanol–water partition coefficient (Wildman–Crippen LogP) is 5.16. The van der Waals surface area contributed by atoms with Gasteiger partial charge in [-0.3, -0.25) is 4.79 Å². The SMILES string of the molecule is COc1cc(/C=C/C(=O)Nc2ccccc2Oc2ccccc2)cc(OC)c1OC. The van der Waals surface area contributed by atoms with E-state index in [9.17, 15) is 4.79 Å². The van der Waals surface area contributed by atoms with Gasteiger partial charge in [-0.25, -0.2) is 0 Å². The maximum Gasteiger partial charge on any atom is 0.248 e. The second-order valence-corrected chi connectivity index (χ2v) is 6.19. The molecule has 0 fully saturated rings. The van der Waals surface area contributed by atoms with Gasteiger partial charge in [0.2, 0.25) is 11.7 Å². The molecule has 0 saturated heterocycles. The summed E-state index contributed by atoms with van der Waals surface area (Å²) in [5.41, 5.74) is 1.30. The topological polar surface area (TPSA) is 66.0 Å². The fourth-order valence-corrected chi connectivity index (χ4v) is 2.82. The van der Waals surface area contributed by atoms with Crippen molar-refractivity contribution in [1.82, 2.24) is 0 Å². The predicted molar refractivity (Wildman–Crippen MR) is 117 cm³/mol. The van der Waals surface area contributed by atoms with E-state index in [1.54, 1.807) is 44.6 Å². The molecule has 6 heteroatoms. The van der Waals surface area contributed by atoms with Crippen molar-refractivity contribution < 1.29 is 23.7 Å². The Balaban J connectivity index is 1.76. The molecule has 0 radical (unpaired) electrons. The highest BCUT2D eigenvalue weighted by Crippen LogP contribution is 2.38. The zero-order valence-electron chi connectivity index (χ0n) is 17.0. The van der Waals surface area contributed by atoms with E-state index in [0.717, 1.165) is 5.56 Å². The average molecular weight is 405 g/mol. The lowest BCUT2D eigenvalue weighted by atomic mass is 10.1. The largest absolute Gasteiger partial charge is 0.493 e. The van der Waals surface area contributed by atoms with Crippen molar-refractivity contribution in [3.05, 3.63) is 78.4 Å². The molecule has 0 saturated carbocycles. The summed E-state index contributed by atoms with van der Waals surface area (Å²) in [5, 5.41) is 2.84. The molecule has 3 aromatic carbocycles. The van der Waals surface area contributed by atoms with Crippen LogP contribution in [0.1, 0.15) is 5.56 Å². The minimum Gasteiger partial charge on any atom is -0.493 e. The Morgan fingerprint density at radius 2 is 1.43 bits per heavy atom. The maximum absolute atomic E-state index is 12.5. The molecule has 0 heterocycles. The second-order valence-electron chi connectivity index (χ2n) is 6.19. The number of anilines is 1. The molecule has 1 N–H and O–H groups in total. The zero-order valence-corrected chi connectivity index (χ0v) is 17.0. The number of benzene rings is 3. The molecule has 0 unspecified atom stereocenters. The van der Waals surface area contributed by atoms with Gasteiger partial charge in [-0.1, -0.05) is 30.3 Å². The van der Waals surface area contributed by atoms with Gasteiger partial charge in [0.25, 0.3) is 0 Å². The summed E-state index contributed by atoms with van der Waals surface area (Å²) < 4.78 is 21.9. The van der Waals surface area contributed by atoms with Crippen molar-refractivity contribution in [2.24, 2.45) is 0 Å². The minimum absolute atomic E-state index is 0.298. The van der Waals surface area contributed by atoms with Crippen LogP contribution >= 0.6 is 0 Å². The summed E-state index contributed by atoms with van der Waals surface area (Å²) in [5.74, 6) is 2.46. The Hall–Kier alpha value is -3.93. The summed E-state index contributed by atoms with van der Waals surface area (Å²) >= 11 is 0. The zero-order chi connectivity index (χ0) is 21.3. The number of para-hydroxylation sites is 3. The van der Waals surface area contributed by atoms with Crippen LogP contribution in [-0.4, -0.2) is 27.2 Å². The van der Waals surface area contributed by atoms with Crippen LogP contribution in [0.5, 0.6) is 28.7 Å². The molecule has 0 aliphatic carbocycles. The van der Waals surface area contributed by atoms with Crippen LogP contribution in [0.2, 0.25) is 0 Å². The third-order valence-corrected chi connectivity index (χ3v) is 4.23. The molecule has 1 amide bonds. The van der Waals surface area contributed by atoms with Gasteiger partial charge in [0.05, 0.1) is 27.0 Å². The monoisotopic (exact) mass is 405 g/mol. The molecule has 3 aromatic rings. The van der Waals surface area contributed by atoms with Gasteiger partial charge >= 0.3 is 0 Å². The van der Waals surface area contributed by atoms with Crippen molar-refractivity contribution in [2.45, 2.75) is 0 Å². The number of amides is 1. The van der Waals surface area contributed by atoms with Crippen molar-refractivity contribution in [1.29, 1.82) is 0 Å². The van der Waals surface area contributed by atoms with Gasteiger partial charge in [0.1, 0.15) is 5.75 Å². The first-order chi connectivity index (χ1) is 14.6. The molecule has 0 atom stereocenters. The Morgan fingerprint density at radius 3 is 2.07 bits per heavy atom. The van der Waals surface area contributed by atoms with Gasteiger partial charge in [0, 0.05) is 6.08 Å². The first kappa shape index (κ1) is 20.8. The lowest BCUT2D eigenvalue weighted by Crippen LogP contribution is -2.08. The highest BCUT2D eigenvalue weighted by Gasteiger charge is 2.12. The lowest BCUT2D eigenvalue weighted by Gasteiger charge is -2.13. The maximum atomic E-state index is 12.5. The normalized spacial score (nSPS) is 10.5. The molecular weight excluding hydrogens is 382 g/mol. The van der Waals surface area contributed by atoms with Crippen molar-refractivity contribution >= 4 is 17.7 Å². The minimum atomic E-state index is -0.298. The summed E-state index contributed by atoms with van der Waals surface area (Å²) in [4.78, 5) is 12.5. The van der Waals surface area contributed by atoms with Gasteiger partial charge in [0.15, 0.2) is 17.2 Å². The fourth-order valence-electron chi connectivity index (χ4n) is 2.82. The summed E-state index contributed by atoms with van der Waals surface area (Å²) in [7, 11) is 4.63. The Bertz CT molecular complexity index is 1010. The van der Waals surface area contributed by atoms with E-state index in [4.69, 9.17) is 18.9 Å². The van der Waals surface area contributed by atoms with Crippen molar-refractivity contribution in [3.63, 3.8) is 0 Å². The number of methoxy groups -OCH3 is 3. The quantitative estimate of drug-likeness (QED) is 0.525. The van der Waals surface area contributed by atoms with Crippen LogP contribution in [0.4, 0.5) is 5.69 Å². The summed E-state index contributed by atoms with van der Waals surface area (Å²) in [6.45, 7) is 0. The number of rotatable bonds is 8. The number of carbonyl (C=O) groups excluding carboxylic acids is 1. The molecule has 0 aliphatic heterocycles. The standard InChI is InChI=1S/C24H23NO5/c1-27-21-15-17(16-22(28-2)24(21)29-3)13-14-23(26)25-19-11-7-8-12-20(19)30-18-9-5-4-6-10-18/h4-16H,1-3H3,(H,25,26)/b14-13+. The van der Waals surface area contributed by atoms with E-state index in [1.807, 2.05) is 42.5 Å².